The average Bonchev–Trinajstić information content (AvgIpc) is 3.47. The number of rotatable bonds is 8. The van der Waals surface area contributed by atoms with Gasteiger partial charge in [-0.25, -0.2) is 9.18 Å². The van der Waals surface area contributed by atoms with E-state index in [2.05, 4.69) is 18.7 Å². The third kappa shape index (κ3) is 3.83. The molecule has 1 fully saturated rings. The van der Waals surface area contributed by atoms with Crippen LogP contribution in [0.5, 0.6) is 0 Å². The standard InChI is InChI=1S/C20H26FN3O3/c1-4-23(5-2)9-8-22(3)18-11-17-14(10-16(18)21)19(25)15(20(26)27)12-24(17)13-6-7-13/h10-13H,4-9H2,1-3H3,(H,26,27). The second-order valence-corrected chi connectivity index (χ2v) is 7.08. The number of nitrogens with zero attached hydrogens (tertiary/aromatic N) is 3. The summed E-state index contributed by atoms with van der Waals surface area (Å²) in [6.45, 7) is 7.52. The highest BCUT2D eigenvalue weighted by Gasteiger charge is 2.27. The highest BCUT2D eigenvalue weighted by atomic mass is 19.1. The van der Waals surface area contributed by atoms with Crippen LogP contribution in [0.1, 0.15) is 43.1 Å². The molecule has 1 saturated carbocycles. The Hall–Kier alpha value is -2.41. The average molecular weight is 375 g/mol. The number of carboxylic acid groups (broad SMARTS) is 1. The number of pyridine rings is 1. The van der Waals surface area contributed by atoms with E-state index in [9.17, 15) is 19.1 Å². The molecule has 146 valence electrons. The Bertz CT molecular complexity index is 917. The third-order valence-electron chi connectivity index (χ3n) is 5.33. The van der Waals surface area contributed by atoms with Gasteiger partial charge in [0.15, 0.2) is 0 Å². The number of anilines is 1. The number of hydrogen-bond acceptors (Lipinski definition) is 4. The number of aromatic nitrogens is 1. The van der Waals surface area contributed by atoms with Crippen molar-refractivity contribution in [3.8, 4) is 0 Å². The minimum atomic E-state index is -1.28. The molecule has 0 saturated heterocycles. The van der Waals surface area contributed by atoms with Crippen molar-refractivity contribution >= 4 is 22.6 Å². The maximum Gasteiger partial charge on any atom is 0.341 e. The quantitative estimate of drug-likeness (QED) is 0.768. The van der Waals surface area contributed by atoms with Crippen molar-refractivity contribution in [2.45, 2.75) is 32.7 Å². The van der Waals surface area contributed by atoms with Crippen LogP contribution in [-0.2, 0) is 0 Å². The summed E-state index contributed by atoms with van der Waals surface area (Å²) < 4.78 is 16.6. The Kier molecular flexibility index (Phi) is 5.51. The van der Waals surface area contributed by atoms with Gasteiger partial charge >= 0.3 is 5.97 Å². The van der Waals surface area contributed by atoms with E-state index in [1.165, 1.54) is 12.3 Å². The lowest BCUT2D eigenvalue weighted by Gasteiger charge is -2.25. The molecule has 1 aromatic heterocycles. The minimum absolute atomic E-state index is 0.125. The molecular weight excluding hydrogens is 349 g/mol. The highest BCUT2D eigenvalue weighted by Crippen LogP contribution is 2.38. The molecule has 0 aliphatic heterocycles. The zero-order valence-electron chi connectivity index (χ0n) is 16.0. The molecule has 1 N–H and O–H groups in total. The summed E-state index contributed by atoms with van der Waals surface area (Å²) in [5.41, 5.74) is 0.0761. The van der Waals surface area contributed by atoms with Gasteiger partial charge in [0.05, 0.1) is 11.2 Å². The first kappa shape index (κ1) is 19.4. The fraction of sp³-hybridized carbons (Fsp3) is 0.500. The molecule has 0 bridgehead atoms. The molecule has 0 amide bonds. The number of benzene rings is 1. The van der Waals surface area contributed by atoms with Gasteiger partial charge in [-0.05, 0) is 38.1 Å². The van der Waals surface area contributed by atoms with Crippen LogP contribution in [0, 0.1) is 5.82 Å². The first-order chi connectivity index (χ1) is 12.9. The maximum atomic E-state index is 14.8. The van der Waals surface area contributed by atoms with Gasteiger partial charge in [0.1, 0.15) is 11.4 Å². The predicted octanol–water partition coefficient (Wildman–Crippen LogP) is 2.95. The van der Waals surface area contributed by atoms with Crippen LogP contribution >= 0.6 is 0 Å². The molecule has 6 nitrogen and oxygen atoms in total. The maximum absolute atomic E-state index is 14.8. The first-order valence-corrected chi connectivity index (χ1v) is 9.42. The predicted molar refractivity (Wildman–Crippen MR) is 104 cm³/mol. The third-order valence-corrected chi connectivity index (χ3v) is 5.33. The molecule has 1 aromatic carbocycles. The topological polar surface area (TPSA) is 65.8 Å². The van der Waals surface area contributed by atoms with Crippen LogP contribution < -0.4 is 10.3 Å². The van der Waals surface area contributed by atoms with Gasteiger partial charge < -0.3 is 19.5 Å². The lowest BCUT2D eigenvalue weighted by molar-refractivity contribution is 0.0695. The number of carbonyl (C=O) groups is 1. The summed E-state index contributed by atoms with van der Waals surface area (Å²) in [7, 11) is 1.83. The number of hydrogen-bond donors (Lipinski definition) is 1. The van der Waals surface area contributed by atoms with Gasteiger partial charge in [0, 0.05) is 37.8 Å². The number of halogens is 1. The second-order valence-electron chi connectivity index (χ2n) is 7.08. The van der Waals surface area contributed by atoms with E-state index < -0.39 is 17.2 Å². The Balaban J connectivity index is 2.05. The summed E-state index contributed by atoms with van der Waals surface area (Å²) in [5.74, 6) is -1.79. The summed E-state index contributed by atoms with van der Waals surface area (Å²) >= 11 is 0. The number of likely N-dealkylation sites (N-methyl/N-ethyl adjacent to an activating group) is 2. The lowest BCUT2D eigenvalue weighted by Crippen LogP contribution is -2.33. The van der Waals surface area contributed by atoms with Gasteiger partial charge in [-0.2, -0.15) is 0 Å². The van der Waals surface area contributed by atoms with Crippen LogP contribution in [-0.4, -0.2) is 53.8 Å². The van der Waals surface area contributed by atoms with Crippen molar-refractivity contribution in [1.82, 2.24) is 9.47 Å². The second kappa shape index (κ2) is 7.68. The van der Waals surface area contributed by atoms with Gasteiger partial charge in [0.25, 0.3) is 0 Å². The number of aromatic carboxylic acids is 1. The summed E-state index contributed by atoms with van der Waals surface area (Å²) in [6, 6.07) is 3.04. The number of carboxylic acids is 1. The molecule has 0 atom stereocenters. The van der Waals surface area contributed by atoms with E-state index in [0.29, 0.717) is 17.7 Å². The zero-order chi connectivity index (χ0) is 19.7. The number of fused-ring (bicyclic) bond motifs is 1. The molecule has 27 heavy (non-hydrogen) atoms. The molecule has 0 unspecified atom stereocenters. The van der Waals surface area contributed by atoms with Crippen LogP contribution in [0.3, 0.4) is 0 Å². The lowest BCUT2D eigenvalue weighted by atomic mass is 10.1. The smallest absolute Gasteiger partial charge is 0.341 e. The van der Waals surface area contributed by atoms with E-state index in [0.717, 1.165) is 32.5 Å². The van der Waals surface area contributed by atoms with Crippen molar-refractivity contribution in [3.63, 3.8) is 0 Å². The minimum Gasteiger partial charge on any atom is -0.477 e. The van der Waals surface area contributed by atoms with Crippen LogP contribution in [0.2, 0.25) is 0 Å². The van der Waals surface area contributed by atoms with E-state index in [4.69, 9.17) is 0 Å². The molecule has 0 radical (unpaired) electrons. The van der Waals surface area contributed by atoms with Gasteiger partial charge in [0.2, 0.25) is 5.43 Å². The van der Waals surface area contributed by atoms with Crippen molar-refractivity contribution in [3.05, 3.63) is 39.9 Å². The summed E-state index contributed by atoms with van der Waals surface area (Å²) in [4.78, 5) is 28.0. The van der Waals surface area contributed by atoms with Crippen molar-refractivity contribution < 1.29 is 14.3 Å². The molecule has 1 aliphatic carbocycles. The van der Waals surface area contributed by atoms with Crippen LogP contribution in [0.4, 0.5) is 10.1 Å². The summed E-state index contributed by atoms with van der Waals surface area (Å²) in [5, 5.41) is 9.44. The van der Waals surface area contributed by atoms with Crippen molar-refractivity contribution in [2.75, 3.05) is 38.1 Å². The SMILES string of the molecule is CCN(CC)CCN(C)c1cc2c(cc1F)c(=O)c(C(=O)O)cn2C1CC1. The van der Waals surface area contributed by atoms with Crippen molar-refractivity contribution in [1.29, 1.82) is 0 Å². The Morgan fingerprint density at radius 2 is 1.93 bits per heavy atom. The van der Waals surface area contributed by atoms with E-state index in [1.54, 1.807) is 6.07 Å². The molecule has 7 heteroatoms. The largest absolute Gasteiger partial charge is 0.477 e. The fourth-order valence-electron chi connectivity index (χ4n) is 3.41. The van der Waals surface area contributed by atoms with Gasteiger partial charge in [-0.1, -0.05) is 13.8 Å². The highest BCUT2D eigenvalue weighted by molar-refractivity contribution is 5.93. The first-order valence-electron chi connectivity index (χ1n) is 9.42. The van der Waals surface area contributed by atoms with Crippen molar-refractivity contribution in [2.24, 2.45) is 0 Å². The monoisotopic (exact) mass is 375 g/mol. The van der Waals surface area contributed by atoms with Gasteiger partial charge in [-0.15, -0.1) is 0 Å². The molecular formula is C20H26FN3O3. The Labute approximate surface area is 157 Å². The zero-order valence-corrected chi connectivity index (χ0v) is 16.0. The van der Waals surface area contributed by atoms with Crippen LogP contribution in [0.25, 0.3) is 10.9 Å². The molecule has 1 aliphatic rings. The van der Waals surface area contributed by atoms with Gasteiger partial charge in [-0.3, -0.25) is 4.79 Å². The van der Waals surface area contributed by atoms with E-state index in [-0.39, 0.29) is 17.0 Å². The Morgan fingerprint density at radius 3 is 2.48 bits per heavy atom. The Morgan fingerprint density at radius 1 is 1.26 bits per heavy atom. The van der Waals surface area contributed by atoms with Crippen LogP contribution in [0.15, 0.2) is 23.1 Å². The summed E-state index contributed by atoms with van der Waals surface area (Å²) in [6.07, 6.45) is 3.27. The molecule has 1 heterocycles. The normalized spacial score (nSPS) is 14.1. The molecule has 3 rings (SSSR count). The molecule has 2 aromatic rings. The fourth-order valence-corrected chi connectivity index (χ4v) is 3.41. The van der Waals surface area contributed by atoms with E-state index >= 15 is 0 Å². The molecule has 0 spiro atoms. The van der Waals surface area contributed by atoms with E-state index in [1.807, 2.05) is 16.5 Å².